The van der Waals surface area contributed by atoms with Crippen LogP contribution in [0.25, 0.3) is 0 Å². The number of hydrogen-bond donors (Lipinski definition) is 1. The zero-order valence-corrected chi connectivity index (χ0v) is 21.5. The fourth-order valence-electron chi connectivity index (χ4n) is 4.70. The van der Waals surface area contributed by atoms with Gasteiger partial charge in [0.1, 0.15) is 17.9 Å². The Balaban J connectivity index is 1.24. The summed E-state index contributed by atoms with van der Waals surface area (Å²) < 4.78 is 51.7. The molecule has 1 N–H and O–H groups in total. The standard InChI is InChI=1S/C25H27FN4O7S/c1-25(17-6-7-20-21(14-17)37-13-3-12-36-20)23(32)30(24(33)27-25)16-22(31)28-8-10-29(11-9-28)38(34,35)19-5-2-4-18(26)15-19/h2,4-7,14-15H,3,8-13,16H2,1H3,(H,27,33)/t25-/m0/s1. The highest BCUT2D eigenvalue weighted by Crippen LogP contribution is 2.36. The first-order valence-electron chi connectivity index (χ1n) is 12.2. The van der Waals surface area contributed by atoms with Crippen LogP contribution >= 0.6 is 0 Å². The quantitative estimate of drug-likeness (QED) is 0.560. The van der Waals surface area contributed by atoms with Crippen LogP contribution in [0.2, 0.25) is 0 Å². The highest BCUT2D eigenvalue weighted by atomic mass is 32.2. The average molecular weight is 547 g/mol. The van der Waals surface area contributed by atoms with E-state index in [1.54, 1.807) is 25.1 Å². The maximum atomic E-state index is 13.5. The average Bonchev–Trinajstić information content (AvgIpc) is 3.06. The molecule has 3 aliphatic rings. The lowest BCUT2D eigenvalue weighted by atomic mass is 9.91. The molecule has 202 valence electrons. The zero-order valence-electron chi connectivity index (χ0n) is 20.7. The molecular weight excluding hydrogens is 519 g/mol. The summed E-state index contributed by atoms with van der Waals surface area (Å²) in [5, 5.41) is 2.68. The minimum absolute atomic E-state index is 0.000356. The Kier molecular flexibility index (Phi) is 6.73. The van der Waals surface area contributed by atoms with Crippen molar-refractivity contribution in [3.63, 3.8) is 0 Å². The summed E-state index contributed by atoms with van der Waals surface area (Å²) in [7, 11) is -3.92. The van der Waals surface area contributed by atoms with Gasteiger partial charge < -0.3 is 19.7 Å². The Labute approximate surface area is 219 Å². The molecule has 2 fully saturated rings. The number of rotatable bonds is 5. The number of carbonyl (C=O) groups is 3. The molecule has 3 aliphatic heterocycles. The monoisotopic (exact) mass is 546 g/mol. The zero-order chi connectivity index (χ0) is 27.1. The fraction of sp³-hybridized carbons (Fsp3) is 0.400. The molecule has 11 nitrogen and oxygen atoms in total. The molecule has 38 heavy (non-hydrogen) atoms. The number of halogens is 1. The predicted molar refractivity (Wildman–Crippen MR) is 131 cm³/mol. The molecule has 0 saturated carbocycles. The van der Waals surface area contributed by atoms with E-state index in [0.29, 0.717) is 30.3 Å². The SMILES string of the molecule is C[C@@]1(c2ccc3c(c2)OCCCO3)NC(=O)N(CC(=O)N2CCN(S(=O)(=O)c3cccc(F)c3)CC2)C1=O. The van der Waals surface area contributed by atoms with E-state index in [0.717, 1.165) is 23.5 Å². The van der Waals surface area contributed by atoms with Crippen molar-refractivity contribution in [2.24, 2.45) is 0 Å². The number of ether oxygens (including phenoxy) is 2. The molecule has 4 amide bonds. The number of imide groups is 1. The van der Waals surface area contributed by atoms with Crippen molar-refractivity contribution < 1.29 is 36.7 Å². The van der Waals surface area contributed by atoms with E-state index in [1.807, 2.05) is 0 Å². The molecule has 2 saturated heterocycles. The molecule has 2 aromatic rings. The molecule has 5 rings (SSSR count). The Hall–Kier alpha value is -3.71. The van der Waals surface area contributed by atoms with Gasteiger partial charge >= 0.3 is 6.03 Å². The molecule has 13 heteroatoms. The number of hydrogen-bond acceptors (Lipinski definition) is 7. The van der Waals surface area contributed by atoms with Crippen molar-refractivity contribution in [3.8, 4) is 11.5 Å². The molecule has 0 radical (unpaired) electrons. The summed E-state index contributed by atoms with van der Waals surface area (Å²) in [5.74, 6) is -0.704. The second kappa shape index (κ2) is 9.87. The van der Waals surface area contributed by atoms with Crippen LogP contribution in [0.3, 0.4) is 0 Å². The third kappa shape index (κ3) is 4.67. The van der Waals surface area contributed by atoms with Crippen molar-refractivity contribution in [1.82, 2.24) is 19.4 Å². The topological polar surface area (TPSA) is 126 Å². The summed E-state index contributed by atoms with van der Waals surface area (Å²) >= 11 is 0. The van der Waals surface area contributed by atoms with Crippen LogP contribution in [0.15, 0.2) is 47.4 Å². The maximum absolute atomic E-state index is 13.5. The van der Waals surface area contributed by atoms with Crippen LogP contribution in [-0.2, 0) is 25.2 Å². The van der Waals surface area contributed by atoms with Crippen LogP contribution in [0.5, 0.6) is 11.5 Å². The summed E-state index contributed by atoms with van der Waals surface area (Å²) in [5.41, 5.74) is -0.911. The van der Waals surface area contributed by atoms with Crippen molar-refractivity contribution in [3.05, 3.63) is 53.8 Å². The summed E-state index contributed by atoms with van der Waals surface area (Å²) in [6.07, 6.45) is 0.720. The van der Waals surface area contributed by atoms with E-state index in [-0.39, 0.29) is 31.1 Å². The largest absolute Gasteiger partial charge is 0.490 e. The number of nitrogens with one attached hydrogen (secondary N) is 1. The van der Waals surface area contributed by atoms with E-state index in [1.165, 1.54) is 21.3 Å². The molecule has 0 spiro atoms. The number of piperazine rings is 1. The summed E-state index contributed by atoms with van der Waals surface area (Å²) in [4.78, 5) is 41.2. The second-order valence-electron chi connectivity index (χ2n) is 9.40. The van der Waals surface area contributed by atoms with Gasteiger partial charge in [0.15, 0.2) is 11.5 Å². The Morgan fingerprint density at radius 3 is 2.45 bits per heavy atom. The lowest BCUT2D eigenvalue weighted by Crippen LogP contribution is -2.53. The van der Waals surface area contributed by atoms with Gasteiger partial charge in [-0.3, -0.25) is 14.5 Å². The van der Waals surface area contributed by atoms with Gasteiger partial charge in [0.25, 0.3) is 5.91 Å². The smallest absolute Gasteiger partial charge is 0.325 e. The summed E-state index contributed by atoms with van der Waals surface area (Å²) in [6.45, 7) is 2.19. The van der Waals surface area contributed by atoms with Crippen LogP contribution < -0.4 is 14.8 Å². The van der Waals surface area contributed by atoms with Crippen LogP contribution in [0.1, 0.15) is 18.9 Å². The number of amides is 4. The molecule has 1 atom stereocenters. The highest BCUT2D eigenvalue weighted by molar-refractivity contribution is 7.89. The van der Waals surface area contributed by atoms with Gasteiger partial charge in [-0.05, 0) is 42.8 Å². The minimum Gasteiger partial charge on any atom is -0.490 e. The Morgan fingerprint density at radius 1 is 1.03 bits per heavy atom. The van der Waals surface area contributed by atoms with Gasteiger partial charge in [-0.25, -0.2) is 17.6 Å². The molecule has 0 bridgehead atoms. The van der Waals surface area contributed by atoms with Crippen molar-refractivity contribution >= 4 is 27.9 Å². The lowest BCUT2D eigenvalue weighted by Gasteiger charge is -2.34. The number of fused-ring (bicyclic) bond motifs is 1. The molecule has 0 aliphatic carbocycles. The van der Waals surface area contributed by atoms with Crippen LogP contribution in [0.4, 0.5) is 9.18 Å². The van der Waals surface area contributed by atoms with Crippen molar-refractivity contribution in [2.75, 3.05) is 45.9 Å². The number of carbonyl (C=O) groups excluding carboxylic acids is 3. The lowest BCUT2D eigenvalue weighted by molar-refractivity contribution is -0.139. The predicted octanol–water partition coefficient (Wildman–Crippen LogP) is 1.29. The van der Waals surface area contributed by atoms with Gasteiger partial charge in [-0.15, -0.1) is 0 Å². The van der Waals surface area contributed by atoms with E-state index in [2.05, 4.69) is 5.32 Å². The first-order chi connectivity index (χ1) is 18.1. The van der Waals surface area contributed by atoms with Gasteiger partial charge in [-0.1, -0.05) is 12.1 Å². The third-order valence-electron chi connectivity index (χ3n) is 6.92. The number of benzene rings is 2. The number of nitrogens with zero attached hydrogens (tertiary/aromatic N) is 3. The van der Waals surface area contributed by atoms with E-state index in [4.69, 9.17) is 9.47 Å². The summed E-state index contributed by atoms with van der Waals surface area (Å²) in [6, 6.07) is 9.05. The molecule has 0 aromatic heterocycles. The molecular formula is C25H27FN4O7S. The van der Waals surface area contributed by atoms with Gasteiger partial charge in [0, 0.05) is 32.6 Å². The third-order valence-corrected chi connectivity index (χ3v) is 8.81. The molecule has 0 unspecified atom stereocenters. The fourth-order valence-corrected chi connectivity index (χ4v) is 6.15. The van der Waals surface area contributed by atoms with Crippen LogP contribution in [0, 0.1) is 5.82 Å². The van der Waals surface area contributed by atoms with E-state index < -0.39 is 45.8 Å². The van der Waals surface area contributed by atoms with E-state index in [9.17, 15) is 27.2 Å². The Morgan fingerprint density at radius 2 is 1.74 bits per heavy atom. The van der Waals surface area contributed by atoms with Crippen molar-refractivity contribution in [2.45, 2.75) is 23.8 Å². The number of sulfonamides is 1. The highest BCUT2D eigenvalue weighted by Gasteiger charge is 2.50. The molecule has 2 aromatic carbocycles. The normalized spacial score (nSPS) is 22.3. The van der Waals surface area contributed by atoms with Gasteiger partial charge in [-0.2, -0.15) is 4.31 Å². The Bertz CT molecular complexity index is 1390. The van der Waals surface area contributed by atoms with E-state index >= 15 is 0 Å². The molecule has 3 heterocycles. The van der Waals surface area contributed by atoms with Gasteiger partial charge in [0.2, 0.25) is 15.9 Å². The maximum Gasteiger partial charge on any atom is 0.325 e. The first-order valence-corrected chi connectivity index (χ1v) is 13.6. The second-order valence-corrected chi connectivity index (χ2v) is 11.3. The minimum atomic E-state index is -3.92. The number of urea groups is 1. The van der Waals surface area contributed by atoms with Crippen molar-refractivity contribution in [1.29, 1.82) is 0 Å². The first kappa shape index (κ1) is 25.9. The van der Waals surface area contributed by atoms with Crippen LogP contribution in [-0.4, -0.2) is 86.3 Å². The van der Waals surface area contributed by atoms with Gasteiger partial charge in [0.05, 0.1) is 18.1 Å².